The molecule has 1 N–H and O–H groups in total. The lowest BCUT2D eigenvalue weighted by molar-refractivity contribution is -0.140. The lowest BCUT2D eigenvalue weighted by atomic mass is 10.1. The predicted molar refractivity (Wildman–Crippen MR) is 64.5 cm³/mol. The molecule has 0 aliphatic carbocycles. The van der Waals surface area contributed by atoms with Crippen molar-refractivity contribution in [1.29, 1.82) is 0 Å². The molecule has 0 aromatic heterocycles. The molecule has 106 valence electrons. The molecule has 1 aromatic carbocycles. The van der Waals surface area contributed by atoms with Gasteiger partial charge in [-0.15, -0.1) is 0 Å². The third-order valence-corrected chi connectivity index (χ3v) is 2.75. The number of nitrogens with one attached hydrogen (secondary N) is 1. The molecule has 0 heterocycles. The van der Waals surface area contributed by atoms with E-state index in [1.807, 2.05) is 6.92 Å². The van der Waals surface area contributed by atoms with Crippen molar-refractivity contribution in [2.45, 2.75) is 25.6 Å². The van der Waals surface area contributed by atoms with Crippen LogP contribution in [0.25, 0.3) is 0 Å². The number of alkyl halides is 3. The summed E-state index contributed by atoms with van der Waals surface area (Å²) in [7, 11) is 1.31. The van der Waals surface area contributed by atoms with Crippen molar-refractivity contribution >= 4 is 5.97 Å². The number of methoxy groups -OCH3 is 1. The molecule has 1 atom stereocenters. The van der Waals surface area contributed by atoms with Gasteiger partial charge < -0.3 is 10.1 Å². The van der Waals surface area contributed by atoms with Crippen molar-refractivity contribution in [1.82, 2.24) is 5.32 Å². The van der Waals surface area contributed by atoms with Crippen molar-refractivity contribution in [3.05, 3.63) is 35.4 Å². The molecule has 0 aliphatic heterocycles. The van der Waals surface area contributed by atoms with E-state index in [1.165, 1.54) is 19.2 Å². The lowest BCUT2D eigenvalue weighted by Crippen LogP contribution is -2.22. The van der Waals surface area contributed by atoms with Crippen LogP contribution in [0.2, 0.25) is 0 Å². The first-order valence-electron chi connectivity index (χ1n) is 5.82. The van der Waals surface area contributed by atoms with Crippen LogP contribution in [-0.4, -0.2) is 19.6 Å². The van der Waals surface area contributed by atoms with E-state index in [9.17, 15) is 18.0 Å². The van der Waals surface area contributed by atoms with Crippen molar-refractivity contribution in [3.63, 3.8) is 0 Å². The van der Waals surface area contributed by atoms with Crippen LogP contribution >= 0.6 is 0 Å². The van der Waals surface area contributed by atoms with Gasteiger partial charge in [0.2, 0.25) is 0 Å². The molecule has 1 aromatic rings. The molecule has 0 saturated carbocycles. The first-order valence-corrected chi connectivity index (χ1v) is 5.82. The van der Waals surface area contributed by atoms with E-state index in [-0.39, 0.29) is 18.4 Å². The Kier molecular flexibility index (Phi) is 5.35. The van der Waals surface area contributed by atoms with Crippen molar-refractivity contribution in [3.8, 4) is 0 Å². The van der Waals surface area contributed by atoms with E-state index in [0.29, 0.717) is 6.54 Å². The Morgan fingerprint density at radius 1 is 1.32 bits per heavy atom. The maximum Gasteiger partial charge on any atom is 0.416 e. The Hall–Kier alpha value is -1.56. The predicted octanol–water partition coefficient (Wildman–Crippen LogP) is 2.92. The van der Waals surface area contributed by atoms with Gasteiger partial charge in [0.15, 0.2) is 0 Å². The van der Waals surface area contributed by atoms with Crippen LogP contribution in [0.4, 0.5) is 13.2 Å². The molecule has 0 spiro atoms. The van der Waals surface area contributed by atoms with Crippen molar-refractivity contribution in [2.24, 2.45) is 0 Å². The SMILES string of the molecule is COC(=O)CCNC(C)c1ccc(C(F)(F)F)cc1. The van der Waals surface area contributed by atoms with Gasteiger partial charge in [-0.3, -0.25) is 4.79 Å². The standard InChI is InChI=1S/C13H16F3NO2/c1-9(17-8-7-12(18)19-2)10-3-5-11(6-4-10)13(14,15)16/h3-6,9,17H,7-8H2,1-2H3. The minimum Gasteiger partial charge on any atom is -0.469 e. The third kappa shape index (κ3) is 4.90. The van der Waals surface area contributed by atoms with Crippen LogP contribution in [0.15, 0.2) is 24.3 Å². The number of carbonyl (C=O) groups excluding carboxylic acids is 1. The molecule has 19 heavy (non-hydrogen) atoms. The van der Waals surface area contributed by atoms with E-state index >= 15 is 0 Å². The van der Waals surface area contributed by atoms with Crippen LogP contribution in [0.5, 0.6) is 0 Å². The Morgan fingerprint density at radius 2 is 1.89 bits per heavy atom. The van der Waals surface area contributed by atoms with Crippen molar-refractivity contribution < 1.29 is 22.7 Å². The molecule has 0 saturated heterocycles. The zero-order valence-corrected chi connectivity index (χ0v) is 10.8. The summed E-state index contributed by atoms with van der Waals surface area (Å²) in [5.74, 6) is -0.327. The molecule has 1 unspecified atom stereocenters. The third-order valence-electron chi connectivity index (χ3n) is 2.75. The Labute approximate surface area is 109 Å². The molecule has 1 rings (SSSR count). The molecule has 6 heteroatoms. The summed E-state index contributed by atoms with van der Waals surface area (Å²) >= 11 is 0. The summed E-state index contributed by atoms with van der Waals surface area (Å²) in [5.41, 5.74) is 0.0656. The molecule has 0 radical (unpaired) electrons. The highest BCUT2D eigenvalue weighted by molar-refractivity contribution is 5.69. The van der Waals surface area contributed by atoms with Gasteiger partial charge in [-0.1, -0.05) is 12.1 Å². The summed E-state index contributed by atoms with van der Waals surface area (Å²) < 4.78 is 41.6. The van der Waals surface area contributed by atoms with Gasteiger partial charge in [-0.25, -0.2) is 0 Å². The van der Waals surface area contributed by atoms with E-state index < -0.39 is 11.7 Å². The maximum absolute atomic E-state index is 12.4. The van der Waals surface area contributed by atoms with Crippen LogP contribution in [-0.2, 0) is 15.7 Å². The molecule has 0 aliphatic rings. The fourth-order valence-electron chi connectivity index (χ4n) is 1.57. The normalized spacial score (nSPS) is 13.1. The fraction of sp³-hybridized carbons (Fsp3) is 0.462. The second-order valence-corrected chi connectivity index (χ2v) is 4.12. The molecular formula is C13H16F3NO2. The van der Waals surface area contributed by atoms with Gasteiger partial charge in [0.25, 0.3) is 0 Å². The zero-order chi connectivity index (χ0) is 14.5. The minimum absolute atomic E-state index is 0.132. The highest BCUT2D eigenvalue weighted by Crippen LogP contribution is 2.29. The van der Waals surface area contributed by atoms with Gasteiger partial charge >= 0.3 is 12.1 Å². The van der Waals surface area contributed by atoms with Gasteiger partial charge in [0.05, 0.1) is 19.1 Å². The number of benzene rings is 1. The molecule has 0 bridgehead atoms. The summed E-state index contributed by atoms with van der Waals surface area (Å²) in [6, 6.07) is 4.82. The Morgan fingerprint density at radius 3 is 2.37 bits per heavy atom. The van der Waals surface area contributed by atoms with Gasteiger partial charge in [0, 0.05) is 12.6 Å². The highest BCUT2D eigenvalue weighted by atomic mass is 19.4. The largest absolute Gasteiger partial charge is 0.469 e. The molecular weight excluding hydrogens is 259 g/mol. The summed E-state index contributed by atoms with van der Waals surface area (Å²) in [5, 5.41) is 3.04. The lowest BCUT2D eigenvalue weighted by Gasteiger charge is -2.15. The second kappa shape index (κ2) is 6.56. The summed E-state index contributed by atoms with van der Waals surface area (Å²) in [4.78, 5) is 10.9. The Balaban J connectivity index is 2.53. The van der Waals surface area contributed by atoms with Gasteiger partial charge in [0.1, 0.15) is 0 Å². The number of hydrogen-bond acceptors (Lipinski definition) is 3. The average Bonchev–Trinajstić information content (AvgIpc) is 2.37. The monoisotopic (exact) mass is 275 g/mol. The van der Waals surface area contributed by atoms with E-state index in [0.717, 1.165) is 17.7 Å². The number of carbonyl (C=O) groups is 1. The van der Waals surface area contributed by atoms with Crippen LogP contribution < -0.4 is 5.32 Å². The molecule has 0 amide bonds. The quantitative estimate of drug-likeness (QED) is 0.840. The van der Waals surface area contributed by atoms with Crippen molar-refractivity contribution in [2.75, 3.05) is 13.7 Å². The second-order valence-electron chi connectivity index (χ2n) is 4.12. The smallest absolute Gasteiger partial charge is 0.416 e. The number of halogens is 3. The highest BCUT2D eigenvalue weighted by Gasteiger charge is 2.30. The van der Waals surface area contributed by atoms with Crippen LogP contribution in [0.3, 0.4) is 0 Å². The zero-order valence-electron chi connectivity index (χ0n) is 10.8. The van der Waals surface area contributed by atoms with E-state index in [1.54, 1.807) is 0 Å². The number of rotatable bonds is 5. The summed E-state index contributed by atoms with van der Waals surface area (Å²) in [6.07, 6.45) is -4.10. The van der Waals surface area contributed by atoms with Gasteiger partial charge in [-0.2, -0.15) is 13.2 Å². The molecule has 0 fully saturated rings. The average molecular weight is 275 g/mol. The fourth-order valence-corrected chi connectivity index (χ4v) is 1.57. The van der Waals surface area contributed by atoms with Crippen LogP contribution in [0.1, 0.15) is 30.5 Å². The Bertz CT molecular complexity index is 415. The van der Waals surface area contributed by atoms with E-state index in [2.05, 4.69) is 10.1 Å². The first-order chi connectivity index (χ1) is 8.84. The van der Waals surface area contributed by atoms with Crippen LogP contribution in [0, 0.1) is 0 Å². The first kappa shape index (κ1) is 15.5. The number of hydrogen-bond donors (Lipinski definition) is 1. The topological polar surface area (TPSA) is 38.3 Å². The molecule has 3 nitrogen and oxygen atoms in total. The summed E-state index contributed by atoms with van der Waals surface area (Å²) in [6.45, 7) is 2.23. The number of esters is 1. The minimum atomic E-state index is -4.32. The van der Waals surface area contributed by atoms with E-state index in [4.69, 9.17) is 0 Å². The van der Waals surface area contributed by atoms with Gasteiger partial charge in [-0.05, 0) is 24.6 Å². The maximum atomic E-state index is 12.4. The number of ether oxygens (including phenoxy) is 1.